The van der Waals surface area contributed by atoms with Crippen LogP contribution in [0.15, 0.2) is 79.0 Å². The first-order valence-electron chi connectivity index (χ1n) is 11.0. The molecule has 2 heterocycles. The van der Waals surface area contributed by atoms with Crippen molar-refractivity contribution in [2.75, 3.05) is 11.9 Å². The van der Waals surface area contributed by atoms with Gasteiger partial charge in [0.05, 0.1) is 12.2 Å². The number of carbonyl (C=O) groups is 3. The van der Waals surface area contributed by atoms with E-state index >= 15 is 0 Å². The Hall–Kier alpha value is -3.90. The number of hydrogen-bond acceptors (Lipinski definition) is 4. The quantitative estimate of drug-likeness (QED) is 0.146. The van der Waals surface area contributed by atoms with Gasteiger partial charge in [0.25, 0.3) is 11.7 Å². The number of Topliss-reactive ketones (excluding diaryl/α,β-unsaturated/α-hetero) is 1. The van der Waals surface area contributed by atoms with E-state index in [0.717, 1.165) is 23.9 Å². The standard InChI is InChI=1S/C27H23ClN2O4/c1-2-3-16-34-27(33)19-9-13-21(14-10-19)29-26(32)25(31)24-23(18-7-11-20(28)12-8-18)17-22-6-4-5-15-30(22)24/h4-15,17H,2-3,16H2,1H3,(H,29,32). The number of fused-ring (bicyclic) bond motifs is 1. The van der Waals surface area contributed by atoms with E-state index < -0.39 is 17.7 Å². The summed E-state index contributed by atoms with van der Waals surface area (Å²) in [5.74, 6) is -1.88. The Bertz CT molecular complexity index is 1340. The number of aromatic nitrogens is 1. The Morgan fingerprint density at radius 1 is 0.971 bits per heavy atom. The number of unbranched alkanes of at least 4 members (excludes halogenated alkanes) is 1. The van der Waals surface area contributed by atoms with Crippen LogP contribution in [0.1, 0.15) is 40.6 Å². The molecule has 172 valence electrons. The number of hydrogen-bond donors (Lipinski definition) is 1. The fourth-order valence-electron chi connectivity index (χ4n) is 3.58. The first kappa shape index (κ1) is 23.3. The van der Waals surface area contributed by atoms with E-state index in [9.17, 15) is 14.4 Å². The zero-order valence-electron chi connectivity index (χ0n) is 18.6. The Labute approximate surface area is 202 Å². The molecular formula is C27H23ClN2O4. The molecule has 0 radical (unpaired) electrons. The topological polar surface area (TPSA) is 76.9 Å². The van der Waals surface area contributed by atoms with Crippen molar-refractivity contribution in [3.05, 3.63) is 95.3 Å². The summed E-state index contributed by atoms with van der Waals surface area (Å²) in [4.78, 5) is 38.2. The zero-order valence-corrected chi connectivity index (χ0v) is 19.3. The summed E-state index contributed by atoms with van der Waals surface area (Å²) in [6.07, 6.45) is 3.48. The number of ether oxygens (including phenoxy) is 1. The number of benzene rings is 2. The SMILES string of the molecule is CCCCOC(=O)c1ccc(NC(=O)C(=O)c2c(-c3ccc(Cl)cc3)cc3ccccn23)cc1. The molecule has 0 atom stereocenters. The van der Waals surface area contributed by atoms with Crippen molar-refractivity contribution in [2.24, 2.45) is 0 Å². The van der Waals surface area contributed by atoms with Gasteiger partial charge in [0.2, 0.25) is 0 Å². The summed E-state index contributed by atoms with van der Waals surface area (Å²) < 4.78 is 6.88. The number of halogens is 1. The van der Waals surface area contributed by atoms with E-state index in [0.29, 0.717) is 28.4 Å². The molecule has 0 unspecified atom stereocenters. The van der Waals surface area contributed by atoms with Crippen molar-refractivity contribution in [3.8, 4) is 11.1 Å². The van der Waals surface area contributed by atoms with E-state index in [2.05, 4.69) is 5.32 Å². The second-order valence-corrected chi connectivity index (χ2v) is 8.20. The van der Waals surface area contributed by atoms with E-state index in [1.165, 1.54) is 0 Å². The van der Waals surface area contributed by atoms with Gasteiger partial charge in [-0.15, -0.1) is 0 Å². The molecule has 4 aromatic rings. The van der Waals surface area contributed by atoms with Crippen molar-refractivity contribution in [1.29, 1.82) is 0 Å². The van der Waals surface area contributed by atoms with Gasteiger partial charge in [-0.05, 0) is 66.6 Å². The number of amides is 1. The molecule has 0 spiro atoms. The van der Waals surface area contributed by atoms with Crippen molar-refractivity contribution < 1.29 is 19.1 Å². The molecule has 0 bridgehead atoms. The third-order valence-electron chi connectivity index (χ3n) is 5.37. The van der Waals surface area contributed by atoms with E-state index in [1.54, 1.807) is 53.1 Å². The van der Waals surface area contributed by atoms with Crippen LogP contribution in [0.5, 0.6) is 0 Å². The summed E-state index contributed by atoms with van der Waals surface area (Å²) in [7, 11) is 0. The summed E-state index contributed by atoms with van der Waals surface area (Å²) in [6, 6.07) is 20.7. The Morgan fingerprint density at radius 2 is 1.71 bits per heavy atom. The third kappa shape index (κ3) is 5.02. The zero-order chi connectivity index (χ0) is 24.1. The minimum atomic E-state index is -0.780. The van der Waals surface area contributed by atoms with Gasteiger partial charge >= 0.3 is 5.97 Å². The normalized spacial score (nSPS) is 10.8. The maximum absolute atomic E-state index is 13.3. The lowest BCUT2D eigenvalue weighted by Gasteiger charge is -2.09. The van der Waals surface area contributed by atoms with Gasteiger partial charge in [0.15, 0.2) is 0 Å². The first-order valence-corrected chi connectivity index (χ1v) is 11.3. The van der Waals surface area contributed by atoms with Crippen LogP contribution in [0.2, 0.25) is 5.02 Å². The highest BCUT2D eigenvalue weighted by atomic mass is 35.5. The van der Waals surface area contributed by atoms with Crippen LogP contribution >= 0.6 is 11.6 Å². The lowest BCUT2D eigenvalue weighted by Crippen LogP contribution is -2.24. The van der Waals surface area contributed by atoms with Gasteiger partial charge in [-0.1, -0.05) is 43.1 Å². The largest absolute Gasteiger partial charge is 0.462 e. The maximum Gasteiger partial charge on any atom is 0.338 e. The van der Waals surface area contributed by atoms with Crippen molar-refractivity contribution in [1.82, 2.24) is 4.40 Å². The molecule has 2 aromatic carbocycles. The predicted octanol–water partition coefficient (Wildman–Crippen LogP) is 6.04. The summed E-state index contributed by atoms with van der Waals surface area (Å²) in [5, 5.41) is 3.21. The monoisotopic (exact) mass is 474 g/mol. The van der Waals surface area contributed by atoms with Crippen molar-refractivity contribution in [3.63, 3.8) is 0 Å². The lowest BCUT2D eigenvalue weighted by atomic mass is 10.0. The molecule has 0 saturated heterocycles. The molecule has 4 rings (SSSR count). The number of pyridine rings is 1. The van der Waals surface area contributed by atoms with Gasteiger partial charge in [0.1, 0.15) is 5.69 Å². The fraction of sp³-hybridized carbons (Fsp3) is 0.148. The van der Waals surface area contributed by atoms with Crippen LogP contribution in [-0.2, 0) is 9.53 Å². The van der Waals surface area contributed by atoms with Gasteiger partial charge in [-0.3, -0.25) is 9.59 Å². The molecule has 1 N–H and O–H groups in total. The Kier molecular flexibility index (Phi) is 7.09. The van der Waals surface area contributed by atoms with E-state index in [-0.39, 0.29) is 5.69 Å². The number of nitrogens with one attached hydrogen (secondary N) is 1. The molecule has 6 nitrogen and oxygen atoms in total. The number of rotatable bonds is 8. The predicted molar refractivity (Wildman–Crippen MR) is 132 cm³/mol. The molecule has 0 fully saturated rings. The second kappa shape index (κ2) is 10.4. The molecule has 0 aliphatic heterocycles. The fourth-order valence-corrected chi connectivity index (χ4v) is 3.71. The van der Waals surface area contributed by atoms with Gasteiger partial charge in [-0.2, -0.15) is 0 Å². The van der Waals surface area contributed by atoms with Crippen LogP contribution in [0.3, 0.4) is 0 Å². The van der Waals surface area contributed by atoms with Crippen LogP contribution < -0.4 is 5.32 Å². The van der Waals surface area contributed by atoms with Gasteiger partial charge in [-0.25, -0.2) is 4.79 Å². The number of ketones is 1. The molecule has 2 aromatic heterocycles. The summed E-state index contributed by atoms with van der Waals surface area (Å²) in [5.41, 5.74) is 3.23. The minimum absolute atomic E-state index is 0.256. The minimum Gasteiger partial charge on any atom is -0.462 e. The number of carbonyl (C=O) groups excluding carboxylic acids is 3. The lowest BCUT2D eigenvalue weighted by molar-refractivity contribution is -0.112. The molecular weight excluding hydrogens is 452 g/mol. The number of esters is 1. The van der Waals surface area contributed by atoms with Crippen LogP contribution in [0, 0.1) is 0 Å². The molecule has 1 amide bonds. The molecule has 7 heteroatoms. The van der Waals surface area contributed by atoms with Crippen molar-refractivity contribution in [2.45, 2.75) is 19.8 Å². The third-order valence-corrected chi connectivity index (χ3v) is 5.62. The smallest absolute Gasteiger partial charge is 0.338 e. The highest BCUT2D eigenvalue weighted by Gasteiger charge is 2.25. The molecule has 34 heavy (non-hydrogen) atoms. The number of anilines is 1. The summed E-state index contributed by atoms with van der Waals surface area (Å²) >= 11 is 6.02. The Morgan fingerprint density at radius 3 is 2.41 bits per heavy atom. The maximum atomic E-state index is 13.3. The molecule has 0 saturated carbocycles. The summed E-state index contributed by atoms with van der Waals surface area (Å²) in [6.45, 7) is 2.38. The van der Waals surface area contributed by atoms with Crippen LogP contribution in [0.25, 0.3) is 16.6 Å². The highest BCUT2D eigenvalue weighted by Crippen LogP contribution is 2.29. The highest BCUT2D eigenvalue weighted by molar-refractivity contribution is 6.47. The average molecular weight is 475 g/mol. The first-order chi connectivity index (χ1) is 16.5. The average Bonchev–Trinajstić information content (AvgIpc) is 3.24. The van der Waals surface area contributed by atoms with Crippen molar-refractivity contribution >= 4 is 40.5 Å². The van der Waals surface area contributed by atoms with E-state index in [4.69, 9.17) is 16.3 Å². The molecule has 0 aliphatic carbocycles. The molecule has 0 aliphatic rings. The van der Waals surface area contributed by atoms with Crippen LogP contribution in [-0.4, -0.2) is 28.7 Å². The second-order valence-electron chi connectivity index (χ2n) is 7.76. The van der Waals surface area contributed by atoms with E-state index in [1.807, 2.05) is 37.3 Å². The Balaban J connectivity index is 1.57. The van der Waals surface area contributed by atoms with Crippen LogP contribution in [0.4, 0.5) is 5.69 Å². The number of nitrogens with zero attached hydrogens (tertiary/aromatic N) is 1. The van der Waals surface area contributed by atoms with Gasteiger partial charge < -0.3 is 14.5 Å². The van der Waals surface area contributed by atoms with Gasteiger partial charge in [0, 0.05) is 28.0 Å².